The number of thiophene rings is 1. The van der Waals surface area contributed by atoms with Gasteiger partial charge >= 0.3 is 0 Å². The molecule has 2 aromatic rings. The van der Waals surface area contributed by atoms with Crippen LogP contribution >= 0.6 is 11.3 Å². The van der Waals surface area contributed by atoms with Crippen molar-refractivity contribution in [3.63, 3.8) is 0 Å². The van der Waals surface area contributed by atoms with Crippen LogP contribution in [0.2, 0.25) is 0 Å². The molecule has 1 aliphatic heterocycles. The molecule has 3 nitrogen and oxygen atoms in total. The van der Waals surface area contributed by atoms with Crippen molar-refractivity contribution in [2.24, 2.45) is 0 Å². The zero-order chi connectivity index (χ0) is 14.7. The molecular formula is C17H21NO2S. The third kappa shape index (κ3) is 3.57. The summed E-state index contributed by atoms with van der Waals surface area (Å²) in [6.45, 7) is 6.64. The van der Waals surface area contributed by atoms with E-state index in [1.54, 1.807) is 0 Å². The summed E-state index contributed by atoms with van der Waals surface area (Å²) in [6.07, 6.45) is 0.941. The largest absolute Gasteiger partial charge is 0.490 e. The molecule has 0 aliphatic carbocycles. The van der Waals surface area contributed by atoms with Crippen LogP contribution in [-0.4, -0.2) is 13.2 Å². The second-order valence-electron chi connectivity index (χ2n) is 5.38. The van der Waals surface area contributed by atoms with Crippen molar-refractivity contribution < 1.29 is 9.47 Å². The quantitative estimate of drug-likeness (QED) is 0.923. The topological polar surface area (TPSA) is 30.5 Å². The second kappa shape index (κ2) is 6.50. The summed E-state index contributed by atoms with van der Waals surface area (Å²) in [4.78, 5) is 2.73. The highest BCUT2D eigenvalue weighted by Crippen LogP contribution is 2.30. The first-order chi connectivity index (χ1) is 10.2. The fourth-order valence-corrected chi connectivity index (χ4v) is 3.28. The molecule has 0 bridgehead atoms. The van der Waals surface area contributed by atoms with Crippen LogP contribution in [0.25, 0.3) is 0 Å². The third-order valence-electron chi connectivity index (χ3n) is 3.61. The predicted molar refractivity (Wildman–Crippen MR) is 86.4 cm³/mol. The molecule has 0 amide bonds. The highest BCUT2D eigenvalue weighted by atomic mass is 32.1. The van der Waals surface area contributed by atoms with Crippen LogP contribution in [-0.2, 0) is 6.54 Å². The molecule has 0 radical (unpaired) electrons. The fraction of sp³-hybridized carbons (Fsp3) is 0.412. The molecule has 1 unspecified atom stereocenters. The van der Waals surface area contributed by atoms with E-state index >= 15 is 0 Å². The SMILES string of the molecule is Cc1ccc(C(C)NCc2ccc3c(c2)OCCCO3)s1. The fourth-order valence-electron chi connectivity index (χ4n) is 2.38. The summed E-state index contributed by atoms with van der Waals surface area (Å²) < 4.78 is 11.4. The van der Waals surface area contributed by atoms with E-state index in [4.69, 9.17) is 9.47 Å². The van der Waals surface area contributed by atoms with Gasteiger partial charge in [0, 0.05) is 28.8 Å². The minimum absolute atomic E-state index is 0.361. The van der Waals surface area contributed by atoms with Crippen molar-refractivity contribution in [3.05, 3.63) is 45.6 Å². The first-order valence-electron chi connectivity index (χ1n) is 7.40. The minimum atomic E-state index is 0.361. The molecule has 1 aromatic heterocycles. The number of fused-ring (bicyclic) bond motifs is 1. The first kappa shape index (κ1) is 14.4. The predicted octanol–water partition coefficient (Wildman–Crippen LogP) is 4.07. The Bertz CT molecular complexity index is 609. The van der Waals surface area contributed by atoms with Gasteiger partial charge in [-0.25, -0.2) is 0 Å². The van der Waals surface area contributed by atoms with E-state index in [0.29, 0.717) is 6.04 Å². The summed E-state index contributed by atoms with van der Waals surface area (Å²) in [5, 5.41) is 3.56. The molecule has 0 spiro atoms. The average Bonchev–Trinajstić information content (AvgIpc) is 2.79. The maximum Gasteiger partial charge on any atom is 0.161 e. The molecule has 4 heteroatoms. The van der Waals surface area contributed by atoms with Gasteiger partial charge in [0.05, 0.1) is 13.2 Å². The van der Waals surface area contributed by atoms with Gasteiger partial charge < -0.3 is 14.8 Å². The lowest BCUT2D eigenvalue weighted by molar-refractivity contribution is 0.297. The van der Waals surface area contributed by atoms with Crippen LogP contribution in [0.1, 0.15) is 34.7 Å². The maximum absolute atomic E-state index is 5.73. The van der Waals surface area contributed by atoms with Crippen molar-refractivity contribution in [2.45, 2.75) is 32.9 Å². The van der Waals surface area contributed by atoms with E-state index in [1.807, 2.05) is 17.4 Å². The van der Waals surface area contributed by atoms with Crippen LogP contribution in [0.4, 0.5) is 0 Å². The number of hydrogen-bond acceptors (Lipinski definition) is 4. The van der Waals surface area contributed by atoms with Gasteiger partial charge in [-0.3, -0.25) is 0 Å². The first-order valence-corrected chi connectivity index (χ1v) is 8.22. The zero-order valence-electron chi connectivity index (χ0n) is 12.5. The van der Waals surface area contributed by atoms with Crippen molar-refractivity contribution in [1.29, 1.82) is 0 Å². The second-order valence-corrected chi connectivity index (χ2v) is 6.70. The molecule has 21 heavy (non-hydrogen) atoms. The monoisotopic (exact) mass is 303 g/mol. The summed E-state index contributed by atoms with van der Waals surface area (Å²) in [5.41, 5.74) is 1.22. The molecule has 1 N–H and O–H groups in total. The number of ether oxygens (including phenoxy) is 2. The number of hydrogen-bond donors (Lipinski definition) is 1. The van der Waals surface area contributed by atoms with Crippen LogP contribution in [0, 0.1) is 6.92 Å². The van der Waals surface area contributed by atoms with Crippen LogP contribution in [0.5, 0.6) is 11.5 Å². The van der Waals surface area contributed by atoms with Gasteiger partial charge in [0.25, 0.3) is 0 Å². The number of nitrogens with one attached hydrogen (secondary N) is 1. The van der Waals surface area contributed by atoms with Gasteiger partial charge in [-0.2, -0.15) is 0 Å². The molecule has 2 heterocycles. The zero-order valence-corrected chi connectivity index (χ0v) is 13.3. The van der Waals surface area contributed by atoms with E-state index in [2.05, 4.69) is 43.4 Å². The van der Waals surface area contributed by atoms with E-state index in [-0.39, 0.29) is 0 Å². The molecule has 0 saturated carbocycles. The Hall–Kier alpha value is -1.52. The number of benzene rings is 1. The third-order valence-corrected chi connectivity index (χ3v) is 4.80. The van der Waals surface area contributed by atoms with Crippen molar-refractivity contribution in [2.75, 3.05) is 13.2 Å². The van der Waals surface area contributed by atoms with Gasteiger partial charge in [0.2, 0.25) is 0 Å². The molecule has 3 rings (SSSR count). The van der Waals surface area contributed by atoms with E-state index in [9.17, 15) is 0 Å². The average molecular weight is 303 g/mol. The van der Waals surface area contributed by atoms with Crippen LogP contribution in [0.15, 0.2) is 30.3 Å². The molecular weight excluding hydrogens is 282 g/mol. The van der Waals surface area contributed by atoms with Crippen LogP contribution < -0.4 is 14.8 Å². The standard InChI is InChI=1S/C17H21NO2S/c1-12-4-7-17(21-12)13(2)18-11-14-5-6-15-16(10-14)20-9-3-8-19-15/h4-7,10,13,18H,3,8-9,11H2,1-2H3. The summed E-state index contributed by atoms with van der Waals surface area (Å²) in [5.74, 6) is 1.73. The molecule has 0 fully saturated rings. The summed E-state index contributed by atoms with van der Waals surface area (Å²) >= 11 is 1.85. The smallest absolute Gasteiger partial charge is 0.161 e. The molecule has 1 aromatic carbocycles. The normalized spacial score (nSPS) is 15.5. The highest BCUT2D eigenvalue weighted by Gasteiger charge is 2.12. The highest BCUT2D eigenvalue weighted by molar-refractivity contribution is 7.12. The Morgan fingerprint density at radius 3 is 2.71 bits per heavy atom. The molecule has 112 valence electrons. The lowest BCUT2D eigenvalue weighted by atomic mass is 10.2. The maximum atomic E-state index is 5.73. The van der Waals surface area contributed by atoms with Crippen molar-refractivity contribution in [3.8, 4) is 11.5 Å². The van der Waals surface area contributed by atoms with E-state index < -0.39 is 0 Å². The Kier molecular flexibility index (Phi) is 4.46. The lowest BCUT2D eigenvalue weighted by Gasteiger charge is -2.14. The Morgan fingerprint density at radius 2 is 1.95 bits per heavy atom. The number of aryl methyl sites for hydroxylation is 1. The van der Waals surface area contributed by atoms with Gasteiger partial charge in [-0.05, 0) is 43.7 Å². The van der Waals surface area contributed by atoms with Gasteiger partial charge in [0.1, 0.15) is 0 Å². The van der Waals surface area contributed by atoms with Crippen LogP contribution in [0.3, 0.4) is 0 Å². The molecule has 1 atom stereocenters. The van der Waals surface area contributed by atoms with E-state index in [1.165, 1.54) is 15.3 Å². The van der Waals surface area contributed by atoms with Gasteiger partial charge in [0.15, 0.2) is 11.5 Å². The van der Waals surface area contributed by atoms with Crippen molar-refractivity contribution in [1.82, 2.24) is 5.32 Å². The minimum Gasteiger partial charge on any atom is -0.490 e. The Balaban J connectivity index is 1.64. The van der Waals surface area contributed by atoms with Crippen molar-refractivity contribution >= 4 is 11.3 Å². The van der Waals surface area contributed by atoms with Gasteiger partial charge in [-0.15, -0.1) is 11.3 Å². The Morgan fingerprint density at radius 1 is 1.14 bits per heavy atom. The van der Waals surface area contributed by atoms with E-state index in [0.717, 1.165) is 37.7 Å². The summed E-state index contributed by atoms with van der Waals surface area (Å²) in [7, 11) is 0. The summed E-state index contributed by atoms with van der Waals surface area (Å²) in [6, 6.07) is 10.9. The molecule has 1 aliphatic rings. The lowest BCUT2D eigenvalue weighted by Crippen LogP contribution is -2.17. The van der Waals surface area contributed by atoms with Gasteiger partial charge in [-0.1, -0.05) is 6.07 Å². The molecule has 0 saturated heterocycles. The Labute approximate surface area is 129 Å². The number of rotatable bonds is 4.